The van der Waals surface area contributed by atoms with E-state index in [1.54, 1.807) is 0 Å². The highest BCUT2D eigenvalue weighted by molar-refractivity contribution is 4.92. The van der Waals surface area contributed by atoms with Crippen molar-refractivity contribution in [3.8, 4) is 0 Å². The minimum Gasteiger partial charge on any atom is -0.394 e. The molecule has 1 saturated heterocycles. The number of rotatable bonds is 4. The van der Waals surface area contributed by atoms with Crippen LogP contribution in [0.4, 0.5) is 0 Å². The topological polar surface area (TPSA) is 131 Å². The molecule has 0 aliphatic carbocycles. The molecule has 0 spiro atoms. The fraction of sp³-hybridized carbons (Fsp3) is 1.00. The van der Waals surface area contributed by atoms with Crippen molar-refractivity contribution in [2.45, 2.75) is 43.0 Å². The molecule has 1 rings (SSSR count). The van der Waals surface area contributed by atoms with Crippen LogP contribution in [-0.2, 0) is 4.74 Å². The van der Waals surface area contributed by atoms with Gasteiger partial charge in [-0.25, -0.2) is 0 Å². The quantitative estimate of drug-likeness (QED) is 0.300. The van der Waals surface area contributed by atoms with Crippen LogP contribution >= 0.6 is 0 Å². The standard InChI is InChI=1S/C9H18O7/c10-2-4(12)1-5-7(13)9(15)8(14)6(3-11)16-5/h4-15H,1-3H2/t4-,5+,6-,7+,8-,9-/m1/s1. The number of hydrogen-bond donors (Lipinski definition) is 6. The second-order valence-corrected chi connectivity index (χ2v) is 3.94. The van der Waals surface area contributed by atoms with Crippen LogP contribution < -0.4 is 0 Å². The summed E-state index contributed by atoms with van der Waals surface area (Å²) in [5, 5.41) is 55.2. The third-order valence-corrected chi connectivity index (χ3v) is 2.71. The zero-order chi connectivity index (χ0) is 12.3. The number of aliphatic hydroxyl groups excluding tert-OH is 6. The highest BCUT2D eigenvalue weighted by Gasteiger charge is 2.43. The van der Waals surface area contributed by atoms with Gasteiger partial charge in [0.25, 0.3) is 0 Å². The van der Waals surface area contributed by atoms with Crippen LogP contribution in [0.1, 0.15) is 6.42 Å². The Morgan fingerprint density at radius 2 is 1.50 bits per heavy atom. The molecule has 0 amide bonds. The molecule has 6 atom stereocenters. The van der Waals surface area contributed by atoms with Crippen LogP contribution in [0.15, 0.2) is 0 Å². The summed E-state index contributed by atoms with van der Waals surface area (Å²) < 4.78 is 5.12. The summed E-state index contributed by atoms with van der Waals surface area (Å²) in [4.78, 5) is 0. The average molecular weight is 238 g/mol. The highest BCUT2D eigenvalue weighted by Crippen LogP contribution is 2.23. The lowest BCUT2D eigenvalue weighted by Gasteiger charge is -2.40. The van der Waals surface area contributed by atoms with Gasteiger partial charge >= 0.3 is 0 Å². The molecule has 0 aromatic heterocycles. The SMILES string of the molecule is OC[C@H](O)C[C@@H]1O[C@H](CO)[C@@H](O)[C@H](O)[C@H]1O. The lowest BCUT2D eigenvalue weighted by molar-refractivity contribution is -0.234. The Morgan fingerprint density at radius 1 is 0.938 bits per heavy atom. The molecule has 16 heavy (non-hydrogen) atoms. The maximum atomic E-state index is 9.56. The van der Waals surface area contributed by atoms with Crippen LogP contribution in [0.2, 0.25) is 0 Å². The van der Waals surface area contributed by atoms with E-state index in [2.05, 4.69) is 0 Å². The van der Waals surface area contributed by atoms with E-state index in [-0.39, 0.29) is 6.42 Å². The number of hydrogen-bond acceptors (Lipinski definition) is 7. The Morgan fingerprint density at radius 3 is 2.00 bits per heavy atom. The Kier molecular flexibility index (Phi) is 5.06. The summed E-state index contributed by atoms with van der Waals surface area (Å²) in [5.41, 5.74) is 0. The van der Waals surface area contributed by atoms with Gasteiger partial charge in [-0.1, -0.05) is 0 Å². The summed E-state index contributed by atoms with van der Waals surface area (Å²) in [6.45, 7) is -0.994. The average Bonchev–Trinajstić information content (AvgIpc) is 2.29. The Labute approximate surface area is 92.5 Å². The van der Waals surface area contributed by atoms with Gasteiger partial charge in [-0.15, -0.1) is 0 Å². The smallest absolute Gasteiger partial charge is 0.111 e. The summed E-state index contributed by atoms with van der Waals surface area (Å²) in [6, 6.07) is 0. The molecule has 7 nitrogen and oxygen atoms in total. The van der Waals surface area contributed by atoms with Crippen molar-refractivity contribution < 1.29 is 35.4 Å². The molecule has 96 valence electrons. The molecule has 0 bridgehead atoms. The van der Waals surface area contributed by atoms with Crippen molar-refractivity contribution in [1.29, 1.82) is 0 Å². The first-order valence-corrected chi connectivity index (χ1v) is 5.10. The first kappa shape index (κ1) is 13.8. The molecule has 0 aromatic rings. The van der Waals surface area contributed by atoms with Crippen LogP contribution in [-0.4, -0.2) is 80.5 Å². The normalized spacial score (nSPS) is 42.0. The van der Waals surface area contributed by atoms with Crippen molar-refractivity contribution in [2.24, 2.45) is 0 Å². The highest BCUT2D eigenvalue weighted by atomic mass is 16.5. The van der Waals surface area contributed by atoms with Gasteiger partial charge in [-0.2, -0.15) is 0 Å². The molecule has 0 radical (unpaired) electrons. The first-order chi connectivity index (χ1) is 7.51. The van der Waals surface area contributed by atoms with Gasteiger partial charge < -0.3 is 35.4 Å². The Balaban J connectivity index is 2.63. The van der Waals surface area contributed by atoms with Crippen molar-refractivity contribution in [2.75, 3.05) is 13.2 Å². The molecule has 1 aliphatic rings. The van der Waals surface area contributed by atoms with E-state index in [0.29, 0.717) is 0 Å². The monoisotopic (exact) mass is 238 g/mol. The van der Waals surface area contributed by atoms with Gasteiger partial charge in [0.15, 0.2) is 0 Å². The Bertz CT molecular complexity index is 210. The molecule has 7 heteroatoms. The van der Waals surface area contributed by atoms with Crippen molar-refractivity contribution >= 4 is 0 Å². The zero-order valence-corrected chi connectivity index (χ0v) is 8.68. The number of aliphatic hydroxyl groups is 6. The van der Waals surface area contributed by atoms with Crippen LogP contribution in [0.25, 0.3) is 0 Å². The van der Waals surface area contributed by atoms with E-state index < -0.39 is 49.8 Å². The minimum absolute atomic E-state index is 0.0854. The second-order valence-electron chi connectivity index (χ2n) is 3.94. The zero-order valence-electron chi connectivity index (χ0n) is 8.68. The van der Waals surface area contributed by atoms with E-state index in [4.69, 9.17) is 14.9 Å². The van der Waals surface area contributed by atoms with Crippen molar-refractivity contribution in [1.82, 2.24) is 0 Å². The van der Waals surface area contributed by atoms with Crippen LogP contribution in [0.3, 0.4) is 0 Å². The van der Waals surface area contributed by atoms with Gasteiger partial charge in [0.1, 0.15) is 24.4 Å². The van der Waals surface area contributed by atoms with E-state index in [1.165, 1.54) is 0 Å². The maximum absolute atomic E-state index is 9.56. The molecule has 1 fully saturated rings. The van der Waals surface area contributed by atoms with Crippen molar-refractivity contribution in [3.63, 3.8) is 0 Å². The fourth-order valence-electron chi connectivity index (χ4n) is 1.72. The number of ether oxygens (including phenoxy) is 1. The van der Waals surface area contributed by atoms with Gasteiger partial charge in [-0.05, 0) is 0 Å². The lowest BCUT2D eigenvalue weighted by atomic mass is 9.92. The summed E-state index contributed by atoms with van der Waals surface area (Å²) >= 11 is 0. The fourth-order valence-corrected chi connectivity index (χ4v) is 1.72. The third-order valence-electron chi connectivity index (χ3n) is 2.71. The predicted octanol–water partition coefficient (Wildman–Crippen LogP) is -3.43. The van der Waals surface area contributed by atoms with Crippen LogP contribution in [0, 0.1) is 0 Å². The van der Waals surface area contributed by atoms with E-state index in [0.717, 1.165) is 0 Å². The van der Waals surface area contributed by atoms with Gasteiger partial charge in [0.05, 0.1) is 25.4 Å². The van der Waals surface area contributed by atoms with Crippen LogP contribution in [0.5, 0.6) is 0 Å². The molecular weight excluding hydrogens is 220 g/mol. The molecular formula is C9H18O7. The van der Waals surface area contributed by atoms with E-state index in [1.807, 2.05) is 0 Å². The minimum atomic E-state index is -1.44. The summed E-state index contributed by atoms with van der Waals surface area (Å²) in [5.74, 6) is 0. The Hall–Kier alpha value is -0.280. The second kappa shape index (κ2) is 5.87. The van der Waals surface area contributed by atoms with Gasteiger partial charge in [-0.3, -0.25) is 0 Å². The largest absolute Gasteiger partial charge is 0.394 e. The molecule has 1 heterocycles. The first-order valence-electron chi connectivity index (χ1n) is 5.10. The van der Waals surface area contributed by atoms with E-state index >= 15 is 0 Å². The van der Waals surface area contributed by atoms with Gasteiger partial charge in [0, 0.05) is 6.42 Å². The molecule has 0 unspecified atom stereocenters. The molecule has 0 saturated carbocycles. The predicted molar refractivity (Wildman–Crippen MR) is 51.5 cm³/mol. The van der Waals surface area contributed by atoms with E-state index in [9.17, 15) is 20.4 Å². The molecule has 1 aliphatic heterocycles. The molecule has 6 N–H and O–H groups in total. The third kappa shape index (κ3) is 2.89. The molecule has 0 aromatic carbocycles. The lowest BCUT2D eigenvalue weighted by Crippen LogP contribution is -2.59. The maximum Gasteiger partial charge on any atom is 0.111 e. The summed E-state index contributed by atoms with van der Waals surface area (Å²) in [7, 11) is 0. The van der Waals surface area contributed by atoms with Gasteiger partial charge in [0.2, 0.25) is 0 Å². The van der Waals surface area contributed by atoms with Crippen molar-refractivity contribution in [3.05, 3.63) is 0 Å². The summed E-state index contributed by atoms with van der Waals surface area (Å²) in [6.07, 6.45) is -7.28.